The van der Waals surface area contributed by atoms with Crippen molar-refractivity contribution in [3.8, 4) is 0 Å². The van der Waals surface area contributed by atoms with E-state index in [1.54, 1.807) is 0 Å². The first-order valence-electron chi connectivity index (χ1n) is 11.0. The molecule has 1 N–H and O–H groups in total. The lowest BCUT2D eigenvalue weighted by Crippen LogP contribution is -2.43. The van der Waals surface area contributed by atoms with Crippen molar-refractivity contribution in [1.29, 1.82) is 0 Å². The van der Waals surface area contributed by atoms with Gasteiger partial charge in [0.1, 0.15) is 0 Å². The Morgan fingerprint density at radius 3 is 2.36 bits per heavy atom. The standard InChI is InChI=1S/C22H39N3O2Si/c1-7-16-13-23-21(24-14-16)25-10-8-17(9-11-25)18-12-19(18)20(26)15-27-28(5,6)22(2,3)4/h13-14,17-20,26H,7-12,15H2,1-6H3/t18-,19-,20+/m1/s1. The second-order valence-corrected chi connectivity index (χ2v) is 15.1. The molecule has 1 aromatic rings. The molecule has 28 heavy (non-hydrogen) atoms. The zero-order valence-corrected chi connectivity index (χ0v) is 19.6. The highest BCUT2D eigenvalue weighted by Gasteiger charge is 2.48. The third-order valence-electron chi connectivity index (χ3n) is 7.33. The number of aryl methyl sites for hydroxylation is 1. The highest BCUT2D eigenvalue weighted by Crippen LogP contribution is 2.50. The number of aliphatic hydroxyl groups is 1. The predicted molar refractivity (Wildman–Crippen MR) is 117 cm³/mol. The average molecular weight is 406 g/mol. The summed E-state index contributed by atoms with van der Waals surface area (Å²) in [6.45, 7) is 15.9. The van der Waals surface area contributed by atoms with Crippen molar-refractivity contribution in [1.82, 2.24) is 9.97 Å². The van der Waals surface area contributed by atoms with Crippen molar-refractivity contribution < 1.29 is 9.53 Å². The summed E-state index contributed by atoms with van der Waals surface area (Å²) >= 11 is 0. The van der Waals surface area contributed by atoms with E-state index in [1.165, 1.54) is 18.4 Å². The maximum atomic E-state index is 10.7. The van der Waals surface area contributed by atoms with Crippen molar-refractivity contribution in [2.24, 2.45) is 17.8 Å². The Hall–Kier alpha value is -0.983. The molecular formula is C22H39N3O2Si. The molecule has 1 saturated carbocycles. The lowest BCUT2D eigenvalue weighted by molar-refractivity contribution is 0.0740. The van der Waals surface area contributed by atoms with Crippen molar-refractivity contribution in [3.05, 3.63) is 18.0 Å². The molecule has 0 bridgehead atoms. The van der Waals surface area contributed by atoms with Crippen LogP contribution in [0.4, 0.5) is 5.95 Å². The van der Waals surface area contributed by atoms with Crippen LogP contribution < -0.4 is 4.90 Å². The van der Waals surface area contributed by atoms with Gasteiger partial charge in [-0.25, -0.2) is 9.97 Å². The van der Waals surface area contributed by atoms with Crippen LogP contribution >= 0.6 is 0 Å². The number of anilines is 1. The first-order chi connectivity index (χ1) is 13.1. The van der Waals surface area contributed by atoms with Crippen LogP contribution in [0.15, 0.2) is 12.4 Å². The molecule has 2 fully saturated rings. The second-order valence-electron chi connectivity index (χ2n) is 10.3. The van der Waals surface area contributed by atoms with Gasteiger partial charge in [0.15, 0.2) is 8.32 Å². The SMILES string of the molecule is CCc1cnc(N2CCC([C@H]3C[C@H]3[C@@H](O)CO[Si](C)(C)C(C)(C)C)CC2)nc1. The van der Waals surface area contributed by atoms with Crippen LogP contribution in [0.1, 0.15) is 52.5 Å². The molecule has 3 atom stereocenters. The smallest absolute Gasteiger partial charge is 0.225 e. The Bertz CT molecular complexity index is 636. The lowest BCUT2D eigenvalue weighted by atomic mass is 9.90. The third-order valence-corrected chi connectivity index (χ3v) is 11.8. The Kier molecular flexibility index (Phi) is 6.52. The first kappa shape index (κ1) is 21.7. The van der Waals surface area contributed by atoms with Gasteiger partial charge in [0.25, 0.3) is 0 Å². The van der Waals surface area contributed by atoms with E-state index >= 15 is 0 Å². The summed E-state index contributed by atoms with van der Waals surface area (Å²) in [7, 11) is -1.78. The van der Waals surface area contributed by atoms with Crippen LogP contribution in [0.3, 0.4) is 0 Å². The lowest BCUT2D eigenvalue weighted by Gasteiger charge is -2.37. The highest BCUT2D eigenvalue weighted by molar-refractivity contribution is 6.74. The minimum atomic E-state index is -1.78. The summed E-state index contributed by atoms with van der Waals surface area (Å²) in [6.07, 6.45) is 8.09. The summed E-state index contributed by atoms with van der Waals surface area (Å²) in [5.41, 5.74) is 1.19. The minimum Gasteiger partial charge on any atom is -0.414 e. The number of aliphatic hydroxyl groups excluding tert-OH is 1. The van der Waals surface area contributed by atoms with Gasteiger partial charge in [0.2, 0.25) is 5.95 Å². The molecule has 0 spiro atoms. The van der Waals surface area contributed by atoms with Gasteiger partial charge in [-0.15, -0.1) is 0 Å². The fraction of sp³-hybridized carbons (Fsp3) is 0.818. The van der Waals surface area contributed by atoms with Gasteiger partial charge >= 0.3 is 0 Å². The number of aromatic nitrogens is 2. The Morgan fingerprint density at radius 1 is 1.21 bits per heavy atom. The first-order valence-corrected chi connectivity index (χ1v) is 13.9. The van der Waals surface area contributed by atoms with Crippen molar-refractivity contribution >= 4 is 14.3 Å². The van der Waals surface area contributed by atoms with Gasteiger partial charge in [-0.1, -0.05) is 27.7 Å². The molecule has 1 aliphatic heterocycles. The summed E-state index contributed by atoms with van der Waals surface area (Å²) in [6, 6.07) is 0. The van der Waals surface area contributed by atoms with Crippen molar-refractivity contribution in [2.45, 2.75) is 77.6 Å². The molecule has 1 aliphatic carbocycles. The fourth-order valence-corrected chi connectivity index (χ4v) is 5.10. The number of hydrogen-bond acceptors (Lipinski definition) is 5. The van der Waals surface area contributed by atoms with Crippen LogP contribution in [0.2, 0.25) is 18.1 Å². The molecule has 6 heteroatoms. The normalized spacial score (nSPS) is 25.0. The van der Waals surface area contributed by atoms with Crippen LogP contribution in [-0.4, -0.2) is 49.2 Å². The summed E-state index contributed by atoms with van der Waals surface area (Å²) in [5, 5.41) is 10.9. The fourth-order valence-electron chi connectivity index (χ4n) is 4.08. The predicted octanol–water partition coefficient (Wildman–Crippen LogP) is 4.27. The maximum absolute atomic E-state index is 10.7. The Morgan fingerprint density at radius 2 is 1.82 bits per heavy atom. The van der Waals surface area contributed by atoms with Crippen LogP contribution in [0, 0.1) is 17.8 Å². The Balaban J connectivity index is 1.43. The average Bonchev–Trinajstić information content (AvgIpc) is 3.46. The van der Waals surface area contributed by atoms with Gasteiger partial charge in [-0.2, -0.15) is 0 Å². The van der Waals surface area contributed by atoms with Gasteiger partial charge in [-0.05, 0) is 67.1 Å². The van der Waals surface area contributed by atoms with E-state index in [-0.39, 0.29) is 11.1 Å². The molecular weight excluding hydrogens is 366 g/mol. The summed E-state index contributed by atoms with van der Waals surface area (Å²) in [4.78, 5) is 11.4. The molecule has 3 rings (SSSR count). The van der Waals surface area contributed by atoms with Crippen molar-refractivity contribution in [3.63, 3.8) is 0 Å². The molecule has 1 aromatic heterocycles. The zero-order valence-electron chi connectivity index (χ0n) is 18.6. The maximum Gasteiger partial charge on any atom is 0.225 e. The van der Waals surface area contributed by atoms with E-state index in [4.69, 9.17) is 4.43 Å². The molecule has 0 aromatic carbocycles. The summed E-state index contributed by atoms with van der Waals surface area (Å²) < 4.78 is 6.25. The molecule has 158 valence electrons. The van der Waals surface area contributed by atoms with Gasteiger partial charge < -0.3 is 14.4 Å². The van der Waals surface area contributed by atoms with Gasteiger partial charge in [0.05, 0.1) is 12.7 Å². The number of nitrogens with zero attached hydrogens (tertiary/aromatic N) is 3. The molecule has 2 heterocycles. The molecule has 0 radical (unpaired) electrons. The number of piperidine rings is 1. The number of hydrogen-bond donors (Lipinski definition) is 1. The quantitative estimate of drug-likeness (QED) is 0.686. The largest absolute Gasteiger partial charge is 0.414 e. The van der Waals surface area contributed by atoms with Crippen LogP contribution in [0.5, 0.6) is 0 Å². The van der Waals surface area contributed by atoms with Crippen LogP contribution in [0.25, 0.3) is 0 Å². The molecule has 5 nitrogen and oxygen atoms in total. The van der Waals surface area contributed by atoms with E-state index < -0.39 is 8.32 Å². The second kappa shape index (κ2) is 8.40. The van der Waals surface area contributed by atoms with E-state index in [0.717, 1.165) is 37.8 Å². The summed E-state index contributed by atoms with van der Waals surface area (Å²) in [5.74, 6) is 2.69. The van der Waals surface area contributed by atoms with Crippen LogP contribution in [-0.2, 0) is 10.8 Å². The third kappa shape index (κ3) is 4.95. The zero-order chi connectivity index (χ0) is 20.5. The molecule has 1 saturated heterocycles. The number of rotatable bonds is 7. The Labute approximate surface area is 172 Å². The van der Waals surface area contributed by atoms with Crippen molar-refractivity contribution in [2.75, 3.05) is 24.6 Å². The highest BCUT2D eigenvalue weighted by atomic mass is 28.4. The van der Waals surface area contributed by atoms with E-state index in [2.05, 4.69) is 55.7 Å². The monoisotopic (exact) mass is 405 g/mol. The molecule has 2 aliphatic rings. The van der Waals surface area contributed by atoms with E-state index in [1.807, 2.05) is 12.4 Å². The topological polar surface area (TPSA) is 58.5 Å². The van der Waals surface area contributed by atoms with E-state index in [9.17, 15) is 5.11 Å². The van der Waals surface area contributed by atoms with E-state index in [0.29, 0.717) is 18.4 Å². The molecule has 0 amide bonds. The van der Waals surface area contributed by atoms with Gasteiger partial charge in [-0.3, -0.25) is 0 Å². The molecule has 0 unspecified atom stereocenters. The van der Waals surface area contributed by atoms with Gasteiger partial charge in [0, 0.05) is 25.5 Å². The minimum absolute atomic E-state index is 0.194.